The first-order valence-corrected chi connectivity index (χ1v) is 3.43. The van der Waals surface area contributed by atoms with Crippen molar-refractivity contribution in [2.24, 2.45) is 10.7 Å². The fraction of sp³-hybridized carbons (Fsp3) is 0.571. The Morgan fingerprint density at radius 3 is 3.10 bits per heavy atom. The highest BCUT2D eigenvalue weighted by Crippen LogP contribution is 2.05. The molecule has 0 spiro atoms. The quantitative estimate of drug-likeness (QED) is 0.569. The molecular formula is C7H12N2O. The molecule has 56 valence electrons. The first kappa shape index (κ1) is 7.28. The van der Waals surface area contributed by atoms with Gasteiger partial charge in [0.2, 0.25) is 0 Å². The number of allylic oxidation sites excluding steroid dienone is 1. The lowest BCUT2D eigenvalue weighted by atomic mass is 10.2. The summed E-state index contributed by atoms with van der Waals surface area (Å²) in [6, 6.07) is 0. The van der Waals surface area contributed by atoms with Crippen LogP contribution in [0.15, 0.2) is 16.8 Å². The lowest BCUT2D eigenvalue weighted by molar-refractivity contribution is 0.330. The van der Waals surface area contributed by atoms with Crippen LogP contribution in [0.4, 0.5) is 0 Å². The minimum absolute atomic E-state index is 0.0704. The molecule has 0 atom stereocenters. The summed E-state index contributed by atoms with van der Waals surface area (Å²) in [4.78, 5) is 4.17. The van der Waals surface area contributed by atoms with Crippen molar-refractivity contribution in [2.75, 3.05) is 13.2 Å². The van der Waals surface area contributed by atoms with E-state index in [0.29, 0.717) is 5.70 Å². The van der Waals surface area contributed by atoms with Crippen LogP contribution >= 0.6 is 0 Å². The normalized spacial score (nSPS) is 19.3. The van der Waals surface area contributed by atoms with Crippen molar-refractivity contribution in [2.45, 2.75) is 12.8 Å². The smallest absolute Gasteiger partial charge is 0.0826 e. The van der Waals surface area contributed by atoms with Crippen molar-refractivity contribution in [3.8, 4) is 0 Å². The van der Waals surface area contributed by atoms with Crippen molar-refractivity contribution in [3.63, 3.8) is 0 Å². The van der Waals surface area contributed by atoms with Gasteiger partial charge in [-0.3, -0.25) is 4.99 Å². The monoisotopic (exact) mass is 140 g/mol. The van der Waals surface area contributed by atoms with Crippen LogP contribution in [-0.4, -0.2) is 24.0 Å². The van der Waals surface area contributed by atoms with Gasteiger partial charge in [0, 0.05) is 18.0 Å². The van der Waals surface area contributed by atoms with Gasteiger partial charge >= 0.3 is 0 Å². The molecule has 1 rings (SSSR count). The molecule has 10 heavy (non-hydrogen) atoms. The van der Waals surface area contributed by atoms with Gasteiger partial charge in [-0.1, -0.05) is 0 Å². The summed E-state index contributed by atoms with van der Waals surface area (Å²) < 4.78 is 0. The van der Waals surface area contributed by atoms with E-state index in [2.05, 4.69) is 4.99 Å². The van der Waals surface area contributed by atoms with Crippen LogP contribution in [0.3, 0.4) is 0 Å². The molecule has 3 heteroatoms. The maximum Gasteiger partial charge on any atom is 0.0826 e. The highest BCUT2D eigenvalue weighted by atomic mass is 16.3. The Balaban J connectivity index is 2.50. The number of nitrogens with zero attached hydrogens (tertiary/aromatic N) is 1. The zero-order valence-electron chi connectivity index (χ0n) is 5.88. The van der Waals surface area contributed by atoms with Gasteiger partial charge in [0.05, 0.1) is 6.61 Å². The van der Waals surface area contributed by atoms with Crippen LogP contribution in [0.5, 0.6) is 0 Å². The highest BCUT2D eigenvalue weighted by Gasteiger charge is 2.02. The fourth-order valence-corrected chi connectivity index (χ4v) is 0.939. The van der Waals surface area contributed by atoms with E-state index in [-0.39, 0.29) is 6.61 Å². The van der Waals surface area contributed by atoms with E-state index in [1.165, 1.54) is 0 Å². The van der Waals surface area contributed by atoms with E-state index in [1.807, 2.05) is 0 Å². The third kappa shape index (κ3) is 1.84. The number of hydrogen-bond donors (Lipinski definition) is 2. The average molecular weight is 140 g/mol. The number of aliphatic hydroxyl groups is 1. The Morgan fingerprint density at radius 1 is 1.80 bits per heavy atom. The molecule has 0 saturated carbocycles. The number of rotatable bonds is 2. The second-order valence-electron chi connectivity index (χ2n) is 2.35. The van der Waals surface area contributed by atoms with Crippen molar-refractivity contribution in [1.29, 1.82) is 0 Å². The third-order valence-corrected chi connectivity index (χ3v) is 1.44. The first-order valence-electron chi connectivity index (χ1n) is 3.43. The van der Waals surface area contributed by atoms with Crippen LogP contribution in [0.1, 0.15) is 12.8 Å². The SMILES string of the molecule is N/C(=C\C1=NCCC1)CO. The molecule has 0 aromatic rings. The zero-order chi connectivity index (χ0) is 7.40. The van der Waals surface area contributed by atoms with Gasteiger partial charge in [-0.15, -0.1) is 0 Å². The van der Waals surface area contributed by atoms with Gasteiger partial charge in [-0.2, -0.15) is 0 Å². The highest BCUT2D eigenvalue weighted by molar-refractivity contribution is 5.96. The van der Waals surface area contributed by atoms with Crippen molar-refractivity contribution < 1.29 is 5.11 Å². The first-order chi connectivity index (χ1) is 4.83. The summed E-state index contributed by atoms with van der Waals surface area (Å²) in [6.45, 7) is 0.837. The molecule has 1 aliphatic heterocycles. The Hall–Kier alpha value is -0.830. The Morgan fingerprint density at radius 2 is 2.60 bits per heavy atom. The Labute approximate surface area is 60.3 Å². The minimum atomic E-state index is -0.0704. The minimum Gasteiger partial charge on any atom is -0.400 e. The van der Waals surface area contributed by atoms with Crippen LogP contribution in [0, 0.1) is 0 Å². The fourth-order valence-electron chi connectivity index (χ4n) is 0.939. The summed E-state index contributed by atoms with van der Waals surface area (Å²) in [6.07, 6.45) is 3.87. The maximum atomic E-state index is 8.55. The van der Waals surface area contributed by atoms with E-state index in [1.54, 1.807) is 6.08 Å². The van der Waals surface area contributed by atoms with Crippen molar-refractivity contribution in [1.82, 2.24) is 0 Å². The van der Waals surface area contributed by atoms with Gasteiger partial charge in [-0.25, -0.2) is 0 Å². The second kappa shape index (κ2) is 3.37. The standard InChI is InChI=1S/C7H12N2O/c8-6(5-10)4-7-2-1-3-9-7/h4,10H,1-3,5,8H2/b6-4-. The van der Waals surface area contributed by atoms with Crippen LogP contribution in [0.25, 0.3) is 0 Å². The molecule has 3 N–H and O–H groups in total. The summed E-state index contributed by atoms with van der Waals surface area (Å²) in [7, 11) is 0. The molecule has 0 aliphatic carbocycles. The zero-order valence-corrected chi connectivity index (χ0v) is 5.88. The summed E-state index contributed by atoms with van der Waals surface area (Å²) in [5.74, 6) is 0. The summed E-state index contributed by atoms with van der Waals surface area (Å²) in [5, 5.41) is 8.55. The largest absolute Gasteiger partial charge is 0.400 e. The van der Waals surface area contributed by atoms with Gasteiger partial charge in [0.25, 0.3) is 0 Å². The van der Waals surface area contributed by atoms with Crippen LogP contribution < -0.4 is 5.73 Å². The van der Waals surface area contributed by atoms with Gasteiger partial charge < -0.3 is 10.8 Å². The molecule has 0 fully saturated rings. The van der Waals surface area contributed by atoms with E-state index in [0.717, 1.165) is 25.1 Å². The van der Waals surface area contributed by atoms with Gasteiger partial charge in [0.1, 0.15) is 0 Å². The number of nitrogens with two attached hydrogens (primary N) is 1. The molecule has 0 radical (unpaired) electrons. The third-order valence-electron chi connectivity index (χ3n) is 1.44. The molecular weight excluding hydrogens is 128 g/mol. The summed E-state index contributed by atoms with van der Waals surface area (Å²) in [5.41, 5.74) is 6.90. The van der Waals surface area contributed by atoms with Crippen LogP contribution in [0.2, 0.25) is 0 Å². The average Bonchev–Trinajstić information content (AvgIpc) is 2.40. The van der Waals surface area contributed by atoms with E-state index < -0.39 is 0 Å². The molecule has 0 bridgehead atoms. The number of aliphatic imine (C=N–C) groups is 1. The molecule has 3 nitrogen and oxygen atoms in total. The van der Waals surface area contributed by atoms with Crippen molar-refractivity contribution >= 4 is 5.71 Å². The van der Waals surface area contributed by atoms with Gasteiger partial charge in [0.15, 0.2) is 0 Å². The van der Waals surface area contributed by atoms with E-state index in [9.17, 15) is 0 Å². The number of aliphatic hydroxyl groups excluding tert-OH is 1. The maximum absolute atomic E-state index is 8.55. The molecule has 0 saturated heterocycles. The Bertz CT molecular complexity index is 172. The molecule has 1 aliphatic rings. The predicted octanol–water partition coefficient (Wildman–Crippen LogP) is 0.0561. The Kier molecular flexibility index (Phi) is 2.45. The lowest BCUT2D eigenvalue weighted by Gasteiger charge is -1.93. The van der Waals surface area contributed by atoms with Crippen LogP contribution in [-0.2, 0) is 0 Å². The molecule has 1 heterocycles. The molecule has 0 amide bonds. The van der Waals surface area contributed by atoms with Crippen molar-refractivity contribution in [3.05, 3.63) is 11.8 Å². The van der Waals surface area contributed by atoms with Gasteiger partial charge in [-0.05, 0) is 18.9 Å². The summed E-state index contributed by atoms with van der Waals surface area (Å²) >= 11 is 0. The topological polar surface area (TPSA) is 58.6 Å². The molecule has 0 unspecified atom stereocenters. The predicted molar refractivity (Wildman–Crippen MR) is 40.9 cm³/mol. The van der Waals surface area contributed by atoms with E-state index in [4.69, 9.17) is 10.8 Å². The molecule has 0 aromatic carbocycles. The second-order valence-corrected chi connectivity index (χ2v) is 2.35. The number of hydrogen-bond acceptors (Lipinski definition) is 3. The molecule has 0 aromatic heterocycles. The lowest BCUT2D eigenvalue weighted by Crippen LogP contribution is -2.04. The van der Waals surface area contributed by atoms with E-state index >= 15 is 0 Å².